The zero-order chi connectivity index (χ0) is 27.2. The molecule has 2 aliphatic rings. The Kier molecular flexibility index (Phi) is 8.54. The molecule has 0 N–H and O–H groups in total. The van der Waals surface area contributed by atoms with Crippen molar-refractivity contribution in [2.24, 2.45) is 0 Å². The topological polar surface area (TPSA) is 0 Å². The van der Waals surface area contributed by atoms with Gasteiger partial charge in [-0.25, -0.2) is 0 Å². The van der Waals surface area contributed by atoms with Crippen molar-refractivity contribution in [2.75, 3.05) is 0 Å². The van der Waals surface area contributed by atoms with Crippen molar-refractivity contribution >= 4 is 15.1 Å². The fourth-order valence-electron chi connectivity index (χ4n) is 3.65. The summed E-state index contributed by atoms with van der Waals surface area (Å²) in [6, 6.07) is 0. The van der Waals surface area contributed by atoms with Crippen molar-refractivity contribution in [3.63, 3.8) is 0 Å². The minimum absolute atomic E-state index is 0.173. The average Bonchev–Trinajstić information content (AvgIpc) is 2.78. The third kappa shape index (κ3) is 9.44. The van der Waals surface area contributed by atoms with E-state index >= 15 is 0 Å². The second-order valence-corrected chi connectivity index (χ2v) is 12.7. The average molecular weight is 561 g/mol. The van der Waals surface area contributed by atoms with E-state index in [1.54, 1.807) is 37.0 Å². The Hall–Kier alpha value is -0.739. The van der Waals surface area contributed by atoms with Crippen LogP contribution in [0.3, 0.4) is 0 Å². The van der Waals surface area contributed by atoms with Crippen molar-refractivity contribution in [1.82, 2.24) is 0 Å². The molecule has 0 aromatic carbocycles. The van der Waals surface area contributed by atoms with Crippen LogP contribution in [0.5, 0.6) is 0 Å². The molecule has 0 amide bonds. The molecule has 0 saturated heterocycles. The Morgan fingerprint density at radius 3 is 0.758 bits per heavy atom. The Labute approximate surface area is 195 Å². The molecule has 0 fully saturated rings. The molecule has 0 spiro atoms. The first-order valence-electron chi connectivity index (χ1n) is 9.72. The van der Waals surface area contributed by atoms with Gasteiger partial charge in [0.25, 0.3) is 0 Å². The van der Waals surface area contributed by atoms with Crippen LogP contribution in [0, 0.1) is 0 Å². The molecule has 0 heterocycles. The van der Waals surface area contributed by atoms with Crippen molar-refractivity contribution in [3.05, 3.63) is 44.6 Å². The summed E-state index contributed by atoms with van der Waals surface area (Å²) in [4.78, 5) is 0. The van der Waals surface area contributed by atoms with E-state index in [0.29, 0.717) is 0 Å². The van der Waals surface area contributed by atoms with Crippen LogP contribution in [0.2, 0.25) is 8.70 Å². The maximum atomic E-state index is 9.87. The first-order valence-corrected chi connectivity index (χ1v) is 12.8. The summed E-state index contributed by atoms with van der Waals surface area (Å²) in [6.07, 6.45) is 0. The van der Waals surface area contributed by atoms with Gasteiger partial charge >= 0.3 is 177 Å². The maximum absolute atomic E-state index is 10.7. The first-order chi connectivity index (χ1) is 13.9. The van der Waals surface area contributed by atoms with Crippen LogP contribution in [-0.2, 0) is 14.7 Å². The third-order valence-electron chi connectivity index (χ3n) is 6.46. The molecule has 33 heavy (non-hydrogen) atoms. The Morgan fingerprint density at radius 1 is 0.515 bits per heavy atom. The zero-order valence-corrected chi connectivity index (χ0v) is 22.1. The molecule has 13 heteroatoms. The molecule has 0 unspecified atom stereocenters. The van der Waals surface area contributed by atoms with E-state index in [-0.39, 0.29) is 8.70 Å². The minimum atomic E-state index is -10.7. The van der Waals surface area contributed by atoms with Crippen molar-refractivity contribution in [3.8, 4) is 0 Å². The van der Waals surface area contributed by atoms with Gasteiger partial charge in [0.2, 0.25) is 0 Å². The van der Waals surface area contributed by atoms with Crippen LogP contribution in [0.4, 0.5) is 42.4 Å². The molecule has 2 rings (SSSR count). The summed E-state index contributed by atoms with van der Waals surface area (Å²) in [5.74, 6) is 0. The summed E-state index contributed by atoms with van der Waals surface area (Å²) in [5.41, 5.74) is 12.2. The van der Waals surface area contributed by atoms with Crippen LogP contribution in [-0.4, -0.2) is 7.25 Å². The Bertz CT molecular complexity index is 813. The number of hydrogen-bond donors (Lipinski definition) is 0. The molecule has 2 aliphatic carbocycles. The van der Waals surface area contributed by atoms with Crippen molar-refractivity contribution in [1.29, 1.82) is 0 Å². The zero-order valence-electron chi connectivity index (χ0n) is 20.1. The molecule has 0 radical (unpaired) electrons. The van der Waals surface area contributed by atoms with Gasteiger partial charge in [-0.05, 0) is 0 Å². The molecular formula is C20H30BCoF10P-2. The van der Waals surface area contributed by atoms with E-state index in [2.05, 4.69) is 69.2 Å². The Morgan fingerprint density at radius 2 is 0.636 bits per heavy atom. The van der Waals surface area contributed by atoms with Gasteiger partial charge in [-0.3, -0.25) is 0 Å². The molecule has 0 atom stereocenters. The summed E-state index contributed by atoms with van der Waals surface area (Å²) in [5, 5.41) is 0. The number of allylic oxidation sites excluding steroid dienone is 8. The Balaban J connectivity index is 0.000000706. The molecular weight excluding hydrogens is 531 g/mol. The van der Waals surface area contributed by atoms with Gasteiger partial charge in [-0.15, -0.1) is 0 Å². The van der Waals surface area contributed by atoms with E-state index in [1.165, 1.54) is 22.3 Å². The predicted molar refractivity (Wildman–Crippen MR) is 114 cm³/mol. The predicted octanol–water partition coefficient (Wildman–Crippen LogP) is 11.5. The van der Waals surface area contributed by atoms with Crippen LogP contribution >= 0.6 is 7.81 Å². The quantitative estimate of drug-likeness (QED) is 0.179. The summed E-state index contributed by atoms with van der Waals surface area (Å²) < 4.78 is 98.5. The number of rotatable bonds is 2. The van der Waals surface area contributed by atoms with Gasteiger partial charge in [-0.1, -0.05) is 0 Å². The van der Waals surface area contributed by atoms with E-state index in [0.717, 1.165) is 0 Å². The number of halogens is 10. The van der Waals surface area contributed by atoms with E-state index in [9.17, 15) is 42.4 Å². The molecule has 0 aliphatic heterocycles. The normalized spacial score (nSPS) is 22.7. The summed E-state index contributed by atoms with van der Waals surface area (Å²) >= 11 is 1.55. The second kappa shape index (κ2) is 8.73. The van der Waals surface area contributed by atoms with Crippen LogP contribution in [0.15, 0.2) is 44.6 Å². The fraction of sp³-hybridized carbons (Fsp3) is 0.600. The van der Waals surface area contributed by atoms with Crippen LogP contribution in [0.1, 0.15) is 69.2 Å². The van der Waals surface area contributed by atoms with Crippen LogP contribution < -0.4 is 0 Å². The first kappa shape index (κ1) is 32.3. The van der Waals surface area contributed by atoms with E-state index in [1.807, 2.05) is 0 Å². The van der Waals surface area contributed by atoms with Crippen molar-refractivity contribution in [2.45, 2.75) is 77.9 Å². The SMILES string of the molecule is CC1=C(C)[C](C)([Co][C]2(C)C(C)=C(C)C(C)=C2C)C(C)=C1C.F[B-](F)(F)F.F[P-](F)(F)(F)(F)F. The van der Waals surface area contributed by atoms with Gasteiger partial charge in [0.1, 0.15) is 0 Å². The molecule has 0 saturated carbocycles. The fourth-order valence-corrected chi connectivity index (χ4v) is 6.25. The molecule has 0 nitrogen and oxygen atoms in total. The van der Waals surface area contributed by atoms with Gasteiger partial charge in [0, 0.05) is 0 Å². The van der Waals surface area contributed by atoms with E-state index in [4.69, 9.17) is 0 Å². The van der Waals surface area contributed by atoms with E-state index < -0.39 is 15.1 Å². The van der Waals surface area contributed by atoms with Gasteiger partial charge in [0.15, 0.2) is 0 Å². The summed E-state index contributed by atoms with van der Waals surface area (Å²) in [6.45, 7) is 23.3. The van der Waals surface area contributed by atoms with Crippen molar-refractivity contribution < 1.29 is 57.1 Å². The number of hydrogen-bond acceptors (Lipinski definition) is 0. The van der Waals surface area contributed by atoms with Crippen LogP contribution in [0.25, 0.3) is 0 Å². The summed E-state index contributed by atoms with van der Waals surface area (Å²) in [7, 11) is -16.7. The molecule has 0 aromatic heterocycles. The van der Waals surface area contributed by atoms with Gasteiger partial charge in [0.05, 0.1) is 0 Å². The molecule has 199 valence electrons. The second-order valence-electron chi connectivity index (χ2n) is 8.45. The molecule has 0 bridgehead atoms. The van der Waals surface area contributed by atoms with Gasteiger partial charge < -0.3 is 17.3 Å². The standard InChI is InChI=1S/2C10H15.BF4.Co.F6P/c2*1-6-7(2)9(4)10(5)8(6)3;2-1(3,4)5;;1-7(2,3,4,5)6/h2*1-5H3;;;/q;;-1;;-1. The monoisotopic (exact) mass is 561 g/mol. The van der Waals surface area contributed by atoms with Gasteiger partial charge in [-0.2, -0.15) is 0 Å². The molecule has 0 aromatic rings. The third-order valence-corrected chi connectivity index (χ3v) is 9.06.